The maximum absolute atomic E-state index is 12.8. The molecule has 3 nitrogen and oxygen atoms in total. The molecular weight excluding hydrogens is 255 g/mol. The van der Waals surface area contributed by atoms with Crippen LogP contribution in [0.5, 0.6) is 0 Å². The van der Waals surface area contributed by atoms with Gasteiger partial charge in [0.05, 0.1) is 12.7 Å². The van der Waals surface area contributed by atoms with Gasteiger partial charge < -0.3 is 9.64 Å². The van der Waals surface area contributed by atoms with Crippen LogP contribution in [-0.4, -0.2) is 35.1 Å². The number of piperidine rings is 1. The van der Waals surface area contributed by atoms with Crippen molar-refractivity contribution in [2.45, 2.75) is 45.4 Å². The molecule has 0 N–H and O–H groups in total. The van der Waals surface area contributed by atoms with Crippen molar-refractivity contribution >= 4 is 0 Å². The fourth-order valence-corrected chi connectivity index (χ4v) is 3.59. The van der Waals surface area contributed by atoms with Gasteiger partial charge >= 0.3 is 0 Å². The van der Waals surface area contributed by atoms with Crippen molar-refractivity contribution in [3.63, 3.8) is 0 Å². The Labute approximate surface area is 120 Å². The summed E-state index contributed by atoms with van der Waals surface area (Å²) in [5, 5.41) is 0. The van der Waals surface area contributed by atoms with Crippen LogP contribution in [0, 0.1) is 17.8 Å². The molecule has 20 heavy (non-hydrogen) atoms. The predicted molar refractivity (Wildman–Crippen MR) is 75.7 cm³/mol. The first-order valence-corrected chi connectivity index (χ1v) is 7.59. The quantitative estimate of drug-likeness (QED) is 0.792. The second-order valence-electron chi connectivity index (χ2n) is 6.41. The fraction of sp³-hybridized carbons (Fsp3) is 0.688. The highest BCUT2D eigenvalue weighted by Crippen LogP contribution is 2.39. The number of hydrogen-bond donors (Lipinski definition) is 0. The summed E-state index contributed by atoms with van der Waals surface area (Å²) in [5.74, 6) is 0.883. The van der Waals surface area contributed by atoms with Crippen LogP contribution in [0.25, 0.3) is 0 Å². The number of pyridine rings is 1. The molecule has 1 aromatic heterocycles. The third-order valence-corrected chi connectivity index (χ3v) is 4.74. The highest BCUT2D eigenvalue weighted by Gasteiger charge is 2.43. The lowest BCUT2D eigenvalue weighted by molar-refractivity contribution is -0.0565. The molecule has 3 rings (SSSR count). The number of halogens is 1. The molecule has 0 radical (unpaired) electrons. The molecule has 4 heteroatoms. The third kappa shape index (κ3) is 2.86. The van der Waals surface area contributed by atoms with E-state index in [2.05, 4.69) is 23.7 Å². The second kappa shape index (κ2) is 5.78. The van der Waals surface area contributed by atoms with Gasteiger partial charge in [-0.1, -0.05) is 6.07 Å². The highest BCUT2D eigenvalue weighted by atomic mass is 19.1. The minimum atomic E-state index is -0.431. The van der Waals surface area contributed by atoms with E-state index in [1.54, 1.807) is 12.3 Å². The smallest absolute Gasteiger partial charge is 0.212 e. The standard InChI is InChI=1S/C16H23FN2O/c1-11(2)19-8-13-4-5-14(9-19)16(13)20-10-12-3-6-15(17)18-7-12/h3,6-7,11,13-14,16H,4-5,8-10H2,1-2H3/t13-,14+,16?. The second-order valence-corrected chi connectivity index (χ2v) is 6.41. The van der Waals surface area contributed by atoms with Gasteiger partial charge in [0.2, 0.25) is 5.95 Å². The van der Waals surface area contributed by atoms with E-state index in [-0.39, 0.29) is 0 Å². The largest absolute Gasteiger partial charge is 0.373 e. The maximum Gasteiger partial charge on any atom is 0.212 e. The third-order valence-electron chi connectivity index (χ3n) is 4.74. The van der Waals surface area contributed by atoms with Gasteiger partial charge in [-0.15, -0.1) is 0 Å². The van der Waals surface area contributed by atoms with Crippen LogP contribution >= 0.6 is 0 Å². The number of fused-ring (bicyclic) bond motifs is 2. The lowest BCUT2D eigenvalue weighted by Gasteiger charge is -2.39. The Morgan fingerprint density at radius 2 is 2.00 bits per heavy atom. The minimum Gasteiger partial charge on any atom is -0.373 e. The topological polar surface area (TPSA) is 25.4 Å². The van der Waals surface area contributed by atoms with E-state index in [1.165, 1.54) is 18.9 Å². The first-order valence-electron chi connectivity index (χ1n) is 7.59. The molecule has 0 aromatic carbocycles. The van der Waals surface area contributed by atoms with Crippen LogP contribution in [0.1, 0.15) is 32.3 Å². The Kier molecular flexibility index (Phi) is 4.03. The average Bonchev–Trinajstić information content (AvgIpc) is 2.67. The van der Waals surface area contributed by atoms with Crippen molar-refractivity contribution in [3.8, 4) is 0 Å². The Bertz CT molecular complexity index is 434. The summed E-state index contributed by atoms with van der Waals surface area (Å²) in [6.45, 7) is 7.39. The Morgan fingerprint density at radius 3 is 2.55 bits per heavy atom. The number of hydrogen-bond acceptors (Lipinski definition) is 3. The van der Waals surface area contributed by atoms with Crippen LogP contribution in [-0.2, 0) is 11.3 Å². The van der Waals surface area contributed by atoms with Crippen molar-refractivity contribution in [1.82, 2.24) is 9.88 Å². The van der Waals surface area contributed by atoms with Crippen LogP contribution in [0.15, 0.2) is 18.3 Å². The zero-order valence-electron chi connectivity index (χ0n) is 12.3. The van der Waals surface area contributed by atoms with Gasteiger partial charge in [-0.3, -0.25) is 0 Å². The van der Waals surface area contributed by atoms with E-state index in [1.807, 2.05) is 0 Å². The summed E-state index contributed by atoms with van der Waals surface area (Å²) >= 11 is 0. The Balaban J connectivity index is 1.58. The summed E-state index contributed by atoms with van der Waals surface area (Å²) in [6.07, 6.45) is 4.50. The first kappa shape index (κ1) is 14.0. The van der Waals surface area contributed by atoms with Crippen molar-refractivity contribution in [2.24, 2.45) is 11.8 Å². The van der Waals surface area contributed by atoms with Crippen molar-refractivity contribution in [1.29, 1.82) is 0 Å². The summed E-state index contributed by atoms with van der Waals surface area (Å²) in [4.78, 5) is 6.25. The molecule has 2 aliphatic rings. The molecule has 0 spiro atoms. The lowest BCUT2D eigenvalue weighted by atomic mass is 9.94. The number of nitrogens with zero attached hydrogens (tertiary/aromatic N) is 2. The van der Waals surface area contributed by atoms with Crippen LogP contribution in [0.3, 0.4) is 0 Å². The summed E-state index contributed by atoms with van der Waals surface area (Å²) < 4.78 is 18.9. The molecule has 0 amide bonds. The fourth-order valence-electron chi connectivity index (χ4n) is 3.59. The summed E-state index contributed by atoms with van der Waals surface area (Å²) in [7, 11) is 0. The molecule has 2 heterocycles. The van der Waals surface area contributed by atoms with Gasteiger partial charge in [0.1, 0.15) is 0 Å². The first-order chi connectivity index (χ1) is 9.63. The van der Waals surface area contributed by atoms with Gasteiger partial charge in [0, 0.05) is 25.3 Å². The monoisotopic (exact) mass is 278 g/mol. The van der Waals surface area contributed by atoms with Gasteiger partial charge in [-0.2, -0.15) is 4.39 Å². The molecule has 110 valence electrons. The highest BCUT2D eigenvalue weighted by molar-refractivity contribution is 5.08. The van der Waals surface area contributed by atoms with Gasteiger partial charge in [0.25, 0.3) is 0 Å². The predicted octanol–water partition coefficient (Wildman–Crippen LogP) is 2.86. The number of rotatable bonds is 4. The molecule has 1 saturated carbocycles. The maximum atomic E-state index is 12.8. The Morgan fingerprint density at radius 1 is 1.30 bits per heavy atom. The molecule has 1 aliphatic carbocycles. The van der Waals surface area contributed by atoms with Crippen LogP contribution < -0.4 is 0 Å². The van der Waals surface area contributed by atoms with Crippen molar-refractivity contribution in [3.05, 3.63) is 29.8 Å². The van der Waals surface area contributed by atoms with E-state index in [0.717, 1.165) is 18.7 Å². The molecule has 1 saturated heterocycles. The molecule has 1 aliphatic heterocycles. The van der Waals surface area contributed by atoms with Gasteiger partial charge in [-0.25, -0.2) is 4.98 Å². The minimum absolute atomic E-state index is 0.370. The molecule has 1 unspecified atom stereocenters. The number of ether oxygens (including phenoxy) is 1. The summed E-state index contributed by atoms with van der Waals surface area (Å²) in [6, 6.07) is 3.78. The number of likely N-dealkylation sites (tertiary alicyclic amines) is 1. The van der Waals surface area contributed by atoms with E-state index < -0.39 is 5.95 Å². The van der Waals surface area contributed by atoms with Crippen molar-refractivity contribution in [2.75, 3.05) is 13.1 Å². The van der Waals surface area contributed by atoms with E-state index in [9.17, 15) is 4.39 Å². The van der Waals surface area contributed by atoms with Crippen molar-refractivity contribution < 1.29 is 9.13 Å². The molecule has 2 bridgehead atoms. The van der Waals surface area contributed by atoms with E-state index in [0.29, 0.717) is 30.6 Å². The normalized spacial score (nSPS) is 30.1. The van der Waals surface area contributed by atoms with E-state index >= 15 is 0 Å². The molecule has 2 fully saturated rings. The Hall–Kier alpha value is -1.00. The van der Waals surface area contributed by atoms with Gasteiger partial charge in [-0.05, 0) is 50.2 Å². The van der Waals surface area contributed by atoms with Crippen LogP contribution in [0.4, 0.5) is 4.39 Å². The van der Waals surface area contributed by atoms with Gasteiger partial charge in [0.15, 0.2) is 0 Å². The SMILES string of the molecule is CC(C)N1C[C@H]2CC[C@@H](C1)C2OCc1ccc(F)nc1. The lowest BCUT2D eigenvalue weighted by Crippen LogP contribution is -2.48. The molecule has 1 aromatic rings. The van der Waals surface area contributed by atoms with Crippen LogP contribution in [0.2, 0.25) is 0 Å². The summed E-state index contributed by atoms with van der Waals surface area (Å²) in [5.41, 5.74) is 0.956. The zero-order valence-corrected chi connectivity index (χ0v) is 12.3. The molecular formula is C16H23FN2O. The number of aromatic nitrogens is 1. The van der Waals surface area contributed by atoms with E-state index in [4.69, 9.17) is 4.74 Å². The average molecular weight is 278 g/mol. The molecule has 3 atom stereocenters. The zero-order chi connectivity index (χ0) is 14.1.